The summed E-state index contributed by atoms with van der Waals surface area (Å²) in [6.07, 6.45) is 0.766. The Bertz CT molecular complexity index is 589. The average molecular weight is 267 g/mol. The van der Waals surface area contributed by atoms with E-state index in [1.165, 1.54) is 17.4 Å². The number of halogens is 1. The summed E-state index contributed by atoms with van der Waals surface area (Å²) in [5.41, 5.74) is 0.801. The first-order chi connectivity index (χ1) is 8.11. The highest BCUT2D eigenvalue weighted by Crippen LogP contribution is 2.30. The Morgan fingerprint density at radius 2 is 2.06 bits per heavy atom. The first-order valence-electron chi connectivity index (χ1n) is 4.70. The van der Waals surface area contributed by atoms with Crippen molar-refractivity contribution in [3.63, 3.8) is 0 Å². The van der Waals surface area contributed by atoms with Crippen molar-refractivity contribution in [3.8, 4) is 10.4 Å². The molecule has 0 atom stereocenters. The highest BCUT2D eigenvalue weighted by Gasteiger charge is 2.11. The average Bonchev–Trinajstić information content (AvgIpc) is 2.78. The summed E-state index contributed by atoms with van der Waals surface area (Å²) in [6, 6.07) is 8.26. The second-order valence-corrected chi connectivity index (χ2v) is 4.84. The lowest BCUT2D eigenvalue weighted by atomic mass is 10.1. The smallest absolute Gasteiger partial charge is 0.337 e. The topological polar surface area (TPSA) is 54.4 Å². The lowest BCUT2D eigenvalue weighted by Crippen LogP contribution is -1.97. The Labute approximate surface area is 106 Å². The number of rotatable bonds is 3. The van der Waals surface area contributed by atoms with Gasteiger partial charge in [-0.3, -0.25) is 4.79 Å². The predicted octanol–water partition coefficient (Wildman–Crippen LogP) is 3.58. The quantitative estimate of drug-likeness (QED) is 0.864. The highest BCUT2D eigenvalue weighted by molar-refractivity contribution is 7.17. The maximum atomic E-state index is 10.9. The summed E-state index contributed by atoms with van der Waals surface area (Å²) >= 11 is 7.09. The van der Waals surface area contributed by atoms with Crippen LogP contribution in [0.15, 0.2) is 30.3 Å². The Morgan fingerprint density at radius 3 is 2.65 bits per heavy atom. The normalized spacial score (nSPS) is 10.2. The second kappa shape index (κ2) is 4.69. The van der Waals surface area contributed by atoms with E-state index in [0.29, 0.717) is 4.88 Å². The molecule has 0 radical (unpaired) electrons. The van der Waals surface area contributed by atoms with Gasteiger partial charge in [0.2, 0.25) is 0 Å². The lowest BCUT2D eigenvalue weighted by molar-refractivity contribution is 0.0697. The maximum absolute atomic E-state index is 10.9. The van der Waals surface area contributed by atoms with Gasteiger partial charge in [-0.15, -0.1) is 11.3 Å². The number of hydrogen-bond donors (Lipinski definition) is 1. The van der Waals surface area contributed by atoms with E-state index in [1.54, 1.807) is 24.3 Å². The molecule has 0 spiro atoms. The van der Waals surface area contributed by atoms with Crippen LogP contribution in [0.3, 0.4) is 0 Å². The molecule has 0 bridgehead atoms. The molecule has 0 saturated carbocycles. The maximum Gasteiger partial charge on any atom is 0.337 e. The summed E-state index contributed by atoms with van der Waals surface area (Å²) in [6.45, 7) is 0. The summed E-state index contributed by atoms with van der Waals surface area (Å²) in [7, 11) is 0. The SMILES string of the molecule is O=Cc1ccc(-c2ccc(Cl)c(C(=O)O)c2)s1. The van der Waals surface area contributed by atoms with Crippen molar-refractivity contribution in [1.82, 2.24) is 0 Å². The van der Waals surface area contributed by atoms with Crippen LogP contribution in [0, 0.1) is 0 Å². The number of aromatic carboxylic acids is 1. The third-order valence-corrected chi connectivity index (χ3v) is 3.61. The lowest BCUT2D eigenvalue weighted by Gasteiger charge is -2.02. The molecule has 0 aliphatic heterocycles. The molecule has 1 aromatic heterocycles. The minimum atomic E-state index is -1.07. The summed E-state index contributed by atoms with van der Waals surface area (Å²) in [4.78, 5) is 22.9. The van der Waals surface area contributed by atoms with Gasteiger partial charge in [0.25, 0.3) is 0 Å². The monoisotopic (exact) mass is 266 g/mol. The van der Waals surface area contributed by atoms with Crippen LogP contribution in [0.4, 0.5) is 0 Å². The summed E-state index contributed by atoms with van der Waals surface area (Å²) in [5.74, 6) is -1.07. The fraction of sp³-hybridized carbons (Fsp3) is 0. The Hall–Kier alpha value is -1.65. The van der Waals surface area contributed by atoms with E-state index < -0.39 is 5.97 Å². The van der Waals surface area contributed by atoms with Crippen molar-refractivity contribution >= 4 is 35.2 Å². The van der Waals surface area contributed by atoms with Gasteiger partial charge in [-0.1, -0.05) is 17.7 Å². The zero-order chi connectivity index (χ0) is 12.4. The third-order valence-electron chi connectivity index (χ3n) is 2.22. The van der Waals surface area contributed by atoms with Gasteiger partial charge in [0, 0.05) is 4.88 Å². The van der Waals surface area contributed by atoms with Crippen LogP contribution in [0.2, 0.25) is 5.02 Å². The van der Waals surface area contributed by atoms with Gasteiger partial charge in [0.1, 0.15) is 0 Å². The van der Waals surface area contributed by atoms with Crippen molar-refractivity contribution in [2.24, 2.45) is 0 Å². The van der Waals surface area contributed by atoms with Crippen LogP contribution in [0.1, 0.15) is 20.0 Å². The Balaban J connectivity index is 2.49. The fourth-order valence-corrected chi connectivity index (χ4v) is 2.43. The number of thiophene rings is 1. The van der Waals surface area contributed by atoms with Crippen molar-refractivity contribution in [1.29, 1.82) is 0 Å². The van der Waals surface area contributed by atoms with Crippen LogP contribution in [-0.4, -0.2) is 17.4 Å². The number of benzene rings is 1. The van der Waals surface area contributed by atoms with Crippen molar-refractivity contribution < 1.29 is 14.7 Å². The first kappa shape index (κ1) is 11.8. The van der Waals surface area contributed by atoms with E-state index in [0.717, 1.165) is 16.7 Å². The van der Waals surface area contributed by atoms with Gasteiger partial charge in [0.05, 0.1) is 15.5 Å². The predicted molar refractivity (Wildman–Crippen MR) is 67.1 cm³/mol. The van der Waals surface area contributed by atoms with Crippen LogP contribution in [-0.2, 0) is 0 Å². The molecule has 0 unspecified atom stereocenters. The van der Waals surface area contributed by atoms with Crippen LogP contribution >= 0.6 is 22.9 Å². The molecule has 0 amide bonds. The number of carboxylic acid groups (broad SMARTS) is 1. The van der Waals surface area contributed by atoms with Crippen molar-refractivity contribution in [2.45, 2.75) is 0 Å². The van der Waals surface area contributed by atoms with E-state index in [4.69, 9.17) is 16.7 Å². The van der Waals surface area contributed by atoms with Crippen LogP contribution < -0.4 is 0 Å². The molecule has 0 aliphatic rings. The van der Waals surface area contributed by atoms with Gasteiger partial charge in [0.15, 0.2) is 6.29 Å². The summed E-state index contributed by atoms with van der Waals surface area (Å²) in [5, 5.41) is 9.15. The number of carboxylic acids is 1. The number of carbonyl (C=O) groups excluding carboxylic acids is 1. The zero-order valence-electron chi connectivity index (χ0n) is 8.51. The molecule has 1 heterocycles. The molecule has 1 N–H and O–H groups in total. The molecule has 86 valence electrons. The number of carbonyl (C=O) groups is 2. The van der Waals surface area contributed by atoms with Gasteiger partial charge >= 0.3 is 5.97 Å². The van der Waals surface area contributed by atoms with Crippen molar-refractivity contribution in [3.05, 3.63) is 45.8 Å². The molecule has 0 saturated heterocycles. The van der Waals surface area contributed by atoms with E-state index in [9.17, 15) is 9.59 Å². The van der Waals surface area contributed by atoms with Gasteiger partial charge in [-0.2, -0.15) is 0 Å². The third kappa shape index (κ3) is 2.38. The largest absolute Gasteiger partial charge is 0.478 e. The first-order valence-corrected chi connectivity index (χ1v) is 5.89. The number of aldehydes is 1. The molecule has 1 aromatic carbocycles. The molecular formula is C12H7ClO3S. The number of hydrogen-bond acceptors (Lipinski definition) is 3. The molecular weight excluding hydrogens is 260 g/mol. The molecule has 17 heavy (non-hydrogen) atoms. The highest BCUT2D eigenvalue weighted by atomic mass is 35.5. The molecule has 0 aliphatic carbocycles. The molecule has 2 aromatic rings. The molecule has 5 heteroatoms. The van der Waals surface area contributed by atoms with Gasteiger partial charge < -0.3 is 5.11 Å². The van der Waals surface area contributed by atoms with Crippen LogP contribution in [0.25, 0.3) is 10.4 Å². The van der Waals surface area contributed by atoms with Gasteiger partial charge in [-0.05, 0) is 29.8 Å². The summed E-state index contributed by atoms with van der Waals surface area (Å²) < 4.78 is 0. The molecule has 3 nitrogen and oxygen atoms in total. The standard InChI is InChI=1S/C12H7ClO3S/c13-10-3-1-7(5-9(10)12(15)16)11-4-2-8(6-14)17-11/h1-6H,(H,15,16). The van der Waals surface area contributed by atoms with Gasteiger partial charge in [-0.25, -0.2) is 4.79 Å². The Kier molecular flexibility index (Phi) is 3.26. The van der Waals surface area contributed by atoms with E-state index >= 15 is 0 Å². The second-order valence-electron chi connectivity index (χ2n) is 3.32. The van der Waals surface area contributed by atoms with E-state index in [-0.39, 0.29) is 10.6 Å². The van der Waals surface area contributed by atoms with E-state index in [1.807, 2.05) is 0 Å². The minimum Gasteiger partial charge on any atom is -0.478 e. The van der Waals surface area contributed by atoms with Crippen molar-refractivity contribution in [2.75, 3.05) is 0 Å². The Morgan fingerprint density at radius 1 is 1.29 bits per heavy atom. The fourth-order valence-electron chi connectivity index (χ4n) is 1.41. The van der Waals surface area contributed by atoms with E-state index in [2.05, 4.69) is 0 Å². The van der Waals surface area contributed by atoms with Crippen LogP contribution in [0.5, 0.6) is 0 Å². The minimum absolute atomic E-state index is 0.0604. The molecule has 0 fully saturated rings. The zero-order valence-corrected chi connectivity index (χ0v) is 10.1. The molecule has 2 rings (SSSR count).